The van der Waals surface area contributed by atoms with Crippen molar-refractivity contribution in [2.24, 2.45) is 0 Å². The third kappa shape index (κ3) is 2.85. The summed E-state index contributed by atoms with van der Waals surface area (Å²) in [5.41, 5.74) is 1.94. The normalized spacial score (nSPS) is 10.7. The summed E-state index contributed by atoms with van der Waals surface area (Å²) in [6, 6.07) is 13.6. The molecule has 116 valence electrons. The van der Waals surface area contributed by atoms with Gasteiger partial charge in [-0.25, -0.2) is 4.79 Å². The van der Waals surface area contributed by atoms with Gasteiger partial charge in [0.1, 0.15) is 0 Å². The van der Waals surface area contributed by atoms with Gasteiger partial charge < -0.3 is 9.14 Å². The Balaban J connectivity index is 2.12. The Hall–Kier alpha value is -2.59. The molecule has 23 heavy (non-hydrogen) atoms. The molecular formula is C18H14ClNO3. The van der Waals surface area contributed by atoms with Gasteiger partial charge in [0.05, 0.1) is 23.4 Å². The van der Waals surface area contributed by atoms with Crippen molar-refractivity contribution in [3.8, 4) is 0 Å². The second-order valence-corrected chi connectivity index (χ2v) is 5.39. The number of aromatic nitrogens is 1. The number of halogens is 1. The lowest BCUT2D eigenvalue weighted by atomic mass is 10.1. The molecule has 0 N–H and O–H groups in total. The molecule has 0 amide bonds. The molecule has 0 saturated heterocycles. The smallest absolute Gasteiger partial charge is 0.340 e. The van der Waals surface area contributed by atoms with E-state index >= 15 is 0 Å². The molecule has 0 aliphatic rings. The molecule has 0 atom stereocenters. The molecule has 0 bridgehead atoms. The zero-order chi connectivity index (χ0) is 16.4. The average Bonchev–Trinajstić information content (AvgIpc) is 2.95. The minimum Gasteiger partial charge on any atom is -0.462 e. The van der Waals surface area contributed by atoms with Crippen LogP contribution in [-0.2, 0) is 4.74 Å². The van der Waals surface area contributed by atoms with Gasteiger partial charge in [-0.15, -0.1) is 0 Å². The summed E-state index contributed by atoms with van der Waals surface area (Å²) in [4.78, 5) is 24.9. The number of esters is 1. The van der Waals surface area contributed by atoms with Gasteiger partial charge in [-0.2, -0.15) is 0 Å². The number of hydrogen-bond donors (Lipinski definition) is 0. The van der Waals surface area contributed by atoms with Gasteiger partial charge >= 0.3 is 5.97 Å². The Morgan fingerprint density at radius 2 is 1.87 bits per heavy atom. The van der Waals surface area contributed by atoms with E-state index in [4.69, 9.17) is 16.3 Å². The third-order valence-corrected chi connectivity index (χ3v) is 3.76. The highest BCUT2D eigenvalue weighted by atomic mass is 35.5. The summed E-state index contributed by atoms with van der Waals surface area (Å²) in [5.74, 6) is -0.621. The van der Waals surface area contributed by atoms with Gasteiger partial charge in [-0.05, 0) is 49.4 Å². The van der Waals surface area contributed by atoms with E-state index in [0.717, 1.165) is 0 Å². The number of nitrogens with zero attached hydrogens (tertiary/aromatic N) is 1. The Morgan fingerprint density at radius 3 is 2.57 bits per heavy atom. The predicted molar refractivity (Wildman–Crippen MR) is 88.2 cm³/mol. The predicted octanol–water partition coefficient (Wildman–Crippen LogP) is 4.00. The Bertz CT molecular complexity index is 881. The molecule has 0 unspecified atom stereocenters. The Labute approximate surface area is 138 Å². The lowest BCUT2D eigenvalue weighted by Crippen LogP contribution is -2.04. The molecule has 0 fully saturated rings. The zero-order valence-electron chi connectivity index (χ0n) is 12.5. The third-order valence-electron chi connectivity index (χ3n) is 3.51. The second kappa shape index (κ2) is 6.26. The highest BCUT2D eigenvalue weighted by molar-refractivity contribution is 6.30. The minimum atomic E-state index is -0.439. The van der Waals surface area contributed by atoms with Crippen LogP contribution in [0.25, 0.3) is 5.52 Å². The average molecular weight is 328 g/mol. The Morgan fingerprint density at radius 1 is 1.13 bits per heavy atom. The molecule has 4 nitrogen and oxygen atoms in total. The van der Waals surface area contributed by atoms with Gasteiger partial charge in [0, 0.05) is 16.8 Å². The van der Waals surface area contributed by atoms with Gasteiger partial charge in [0.2, 0.25) is 5.78 Å². The number of rotatable bonds is 4. The maximum atomic E-state index is 12.7. The molecule has 3 rings (SSSR count). The fraction of sp³-hybridized carbons (Fsp3) is 0.111. The molecule has 0 saturated carbocycles. The fourth-order valence-electron chi connectivity index (χ4n) is 2.45. The SMILES string of the molecule is CCOC(=O)c1cc(C(=O)c2ccc(Cl)cc2)n2ccccc12. The van der Waals surface area contributed by atoms with Crippen molar-refractivity contribution in [2.45, 2.75) is 6.92 Å². The van der Waals surface area contributed by atoms with Crippen molar-refractivity contribution in [3.05, 3.63) is 76.6 Å². The van der Waals surface area contributed by atoms with Crippen LogP contribution >= 0.6 is 11.6 Å². The van der Waals surface area contributed by atoms with E-state index in [2.05, 4.69) is 0 Å². The van der Waals surface area contributed by atoms with Crippen molar-refractivity contribution in [2.75, 3.05) is 6.61 Å². The van der Waals surface area contributed by atoms with Crippen molar-refractivity contribution in [1.82, 2.24) is 4.40 Å². The second-order valence-electron chi connectivity index (χ2n) is 4.96. The highest BCUT2D eigenvalue weighted by Gasteiger charge is 2.20. The van der Waals surface area contributed by atoms with Crippen LogP contribution in [0, 0.1) is 0 Å². The highest BCUT2D eigenvalue weighted by Crippen LogP contribution is 2.21. The summed E-state index contributed by atoms with van der Waals surface area (Å²) in [5, 5.41) is 0.564. The molecule has 2 heterocycles. The van der Waals surface area contributed by atoms with E-state index in [1.54, 1.807) is 60.0 Å². The van der Waals surface area contributed by atoms with Crippen LogP contribution in [0.2, 0.25) is 5.02 Å². The monoisotopic (exact) mass is 327 g/mol. The maximum Gasteiger partial charge on any atom is 0.340 e. The molecule has 0 radical (unpaired) electrons. The standard InChI is InChI=1S/C18H14ClNO3/c1-2-23-18(22)14-11-16(20-10-4-3-5-15(14)20)17(21)12-6-8-13(19)9-7-12/h3-11H,2H2,1H3. The summed E-state index contributed by atoms with van der Waals surface area (Å²) < 4.78 is 6.77. The lowest BCUT2D eigenvalue weighted by Gasteiger charge is -2.02. The number of hydrogen-bond acceptors (Lipinski definition) is 3. The van der Waals surface area contributed by atoms with Gasteiger partial charge in [-0.1, -0.05) is 17.7 Å². The summed E-state index contributed by atoms with van der Waals surface area (Å²) in [6.45, 7) is 2.03. The number of fused-ring (bicyclic) bond motifs is 1. The largest absolute Gasteiger partial charge is 0.462 e. The van der Waals surface area contributed by atoms with Gasteiger partial charge in [0.15, 0.2) is 0 Å². The quantitative estimate of drug-likeness (QED) is 0.537. The lowest BCUT2D eigenvalue weighted by molar-refractivity contribution is 0.0529. The Kier molecular flexibility index (Phi) is 4.17. The molecule has 2 aromatic heterocycles. The first-order valence-corrected chi connectivity index (χ1v) is 7.57. The number of carbonyl (C=O) groups excluding carboxylic acids is 2. The number of carbonyl (C=O) groups is 2. The summed E-state index contributed by atoms with van der Waals surface area (Å²) in [7, 11) is 0. The summed E-state index contributed by atoms with van der Waals surface area (Å²) in [6.07, 6.45) is 1.75. The van der Waals surface area contributed by atoms with E-state index in [1.165, 1.54) is 0 Å². The van der Waals surface area contributed by atoms with Crippen molar-refractivity contribution < 1.29 is 14.3 Å². The van der Waals surface area contributed by atoms with Crippen LogP contribution in [0.1, 0.15) is 33.3 Å². The van der Waals surface area contributed by atoms with E-state index in [0.29, 0.717) is 27.4 Å². The van der Waals surface area contributed by atoms with Crippen LogP contribution in [0.3, 0.4) is 0 Å². The van der Waals surface area contributed by atoms with Crippen LogP contribution < -0.4 is 0 Å². The number of ether oxygens (including phenoxy) is 1. The number of pyridine rings is 1. The van der Waals surface area contributed by atoms with Crippen molar-refractivity contribution in [1.29, 1.82) is 0 Å². The molecule has 0 aliphatic carbocycles. The zero-order valence-corrected chi connectivity index (χ0v) is 13.2. The first-order valence-electron chi connectivity index (χ1n) is 7.19. The first-order chi connectivity index (χ1) is 11.1. The van der Waals surface area contributed by atoms with Crippen molar-refractivity contribution in [3.63, 3.8) is 0 Å². The first kappa shape index (κ1) is 15.3. The van der Waals surface area contributed by atoms with Gasteiger partial charge in [0.25, 0.3) is 0 Å². The topological polar surface area (TPSA) is 47.8 Å². The number of benzene rings is 1. The summed E-state index contributed by atoms with van der Waals surface area (Å²) >= 11 is 5.86. The van der Waals surface area contributed by atoms with Crippen molar-refractivity contribution >= 4 is 28.9 Å². The van der Waals surface area contributed by atoms with E-state index < -0.39 is 5.97 Å². The molecular weight excluding hydrogens is 314 g/mol. The molecule has 3 aromatic rings. The molecule has 0 spiro atoms. The van der Waals surface area contributed by atoms with Crippen LogP contribution in [0.4, 0.5) is 0 Å². The molecule has 1 aromatic carbocycles. The minimum absolute atomic E-state index is 0.182. The van der Waals surface area contributed by atoms with Crippen LogP contribution in [0.5, 0.6) is 0 Å². The van der Waals surface area contributed by atoms with Crippen LogP contribution in [-0.4, -0.2) is 22.8 Å². The van der Waals surface area contributed by atoms with E-state index in [9.17, 15) is 9.59 Å². The maximum absolute atomic E-state index is 12.7. The van der Waals surface area contributed by atoms with E-state index in [1.807, 2.05) is 6.07 Å². The molecule has 5 heteroatoms. The number of ketones is 1. The fourth-order valence-corrected chi connectivity index (χ4v) is 2.58. The van der Waals surface area contributed by atoms with Gasteiger partial charge in [-0.3, -0.25) is 4.79 Å². The van der Waals surface area contributed by atoms with E-state index in [-0.39, 0.29) is 12.4 Å². The van der Waals surface area contributed by atoms with Crippen LogP contribution in [0.15, 0.2) is 54.7 Å². The molecule has 0 aliphatic heterocycles.